The molecule has 0 fully saturated rings. The Labute approximate surface area is 120 Å². The fraction of sp³-hybridized carbons (Fsp3) is 0.467. The molecule has 0 aliphatic carbocycles. The lowest BCUT2D eigenvalue weighted by Gasteiger charge is -2.04. The highest BCUT2D eigenvalue weighted by molar-refractivity contribution is 5.28. The van der Waals surface area contributed by atoms with E-state index in [0.717, 1.165) is 37.6 Å². The normalized spacial score (nSPS) is 10.8. The molecule has 1 N–H and O–H groups in total. The van der Waals surface area contributed by atoms with Crippen molar-refractivity contribution in [3.8, 4) is 5.69 Å². The summed E-state index contributed by atoms with van der Waals surface area (Å²) in [5, 5.41) is 12.0. The van der Waals surface area contributed by atoms with Gasteiger partial charge in [-0.05, 0) is 18.6 Å². The summed E-state index contributed by atoms with van der Waals surface area (Å²) in [7, 11) is 0. The first-order chi connectivity index (χ1) is 9.90. The number of ether oxygens (including phenoxy) is 1. The minimum Gasteiger partial charge on any atom is -0.380 e. The van der Waals surface area contributed by atoms with E-state index in [1.54, 1.807) is 11.0 Å². The standard InChI is InChI=1S/C15H22N4O/c1-2-3-10-20-11-9-16-12-14-13-17-19(18-14)15-7-5-4-6-8-15/h4-8,13,16H,2-3,9-12H2,1H3. The summed E-state index contributed by atoms with van der Waals surface area (Å²) >= 11 is 0. The van der Waals surface area contributed by atoms with Crippen molar-refractivity contribution in [1.82, 2.24) is 20.3 Å². The molecule has 108 valence electrons. The van der Waals surface area contributed by atoms with E-state index in [1.165, 1.54) is 6.42 Å². The van der Waals surface area contributed by atoms with Crippen LogP contribution < -0.4 is 5.32 Å². The number of hydrogen-bond acceptors (Lipinski definition) is 4. The van der Waals surface area contributed by atoms with Gasteiger partial charge in [0.25, 0.3) is 0 Å². The second kappa shape index (κ2) is 8.45. The minimum absolute atomic E-state index is 0.712. The van der Waals surface area contributed by atoms with Crippen LogP contribution in [0.3, 0.4) is 0 Å². The summed E-state index contributed by atoms with van der Waals surface area (Å²) in [6, 6.07) is 9.90. The predicted molar refractivity (Wildman–Crippen MR) is 78.8 cm³/mol. The first-order valence-electron chi connectivity index (χ1n) is 7.15. The summed E-state index contributed by atoms with van der Waals surface area (Å²) in [5.74, 6) is 0. The van der Waals surface area contributed by atoms with Gasteiger partial charge in [-0.15, -0.1) is 0 Å². The van der Waals surface area contributed by atoms with Gasteiger partial charge in [-0.25, -0.2) is 0 Å². The number of unbranched alkanes of at least 4 members (excludes halogenated alkanes) is 1. The lowest BCUT2D eigenvalue weighted by atomic mass is 10.3. The molecule has 5 nitrogen and oxygen atoms in total. The van der Waals surface area contributed by atoms with E-state index in [-0.39, 0.29) is 0 Å². The molecule has 20 heavy (non-hydrogen) atoms. The monoisotopic (exact) mass is 274 g/mol. The van der Waals surface area contributed by atoms with Crippen LogP contribution in [0.1, 0.15) is 25.5 Å². The third kappa shape index (κ3) is 4.75. The molecule has 2 aromatic rings. The Morgan fingerprint density at radius 2 is 2.05 bits per heavy atom. The SMILES string of the molecule is CCCCOCCNCc1cnn(-c2ccccc2)n1. The Morgan fingerprint density at radius 3 is 2.85 bits per heavy atom. The first kappa shape index (κ1) is 14.7. The van der Waals surface area contributed by atoms with Gasteiger partial charge in [0.2, 0.25) is 0 Å². The Hall–Kier alpha value is -1.72. The molecule has 0 bridgehead atoms. The van der Waals surface area contributed by atoms with Crippen LogP contribution in [-0.2, 0) is 11.3 Å². The quantitative estimate of drug-likeness (QED) is 0.712. The van der Waals surface area contributed by atoms with Gasteiger partial charge in [0.1, 0.15) is 0 Å². The molecule has 0 spiro atoms. The molecule has 0 unspecified atom stereocenters. The smallest absolute Gasteiger partial charge is 0.0969 e. The van der Waals surface area contributed by atoms with Crippen molar-refractivity contribution in [1.29, 1.82) is 0 Å². The van der Waals surface area contributed by atoms with E-state index in [9.17, 15) is 0 Å². The second-order valence-electron chi connectivity index (χ2n) is 4.60. The Kier molecular flexibility index (Phi) is 6.20. The topological polar surface area (TPSA) is 52.0 Å². The average Bonchev–Trinajstić information content (AvgIpc) is 2.96. The van der Waals surface area contributed by atoms with Crippen LogP contribution >= 0.6 is 0 Å². The zero-order valence-corrected chi connectivity index (χ0v) is 12.0. The van der Waals surface area contributed by atoms with E-state index in [4.69, 9.17) is 4.74 Å². The number of aromatic nitrogens is 3. The molecule has 1 aromatic carbocycles. The van der Waals surface area contributed by atoms with Gasteiger partial charge in [0, 0.05) is 19.7 Å². The van der Waals surface area contributed by atoms with E-state index in [0.29, 0.717) is 6.54 Å². The number of nitrogens with one attached hydrogen (secondary N) is 1. The highest BCUT2D eigenvalue weighted by atomic mass is 16.5. The lowest BCUT2D eigenvalue weighted by Crippen LogP contribution is -2.19. The highest BCUT2D eigenvalue weighted by Crippen LogP contribution is 2.03. The van der Waals surface area contributed by atoms with E-state index < -0.39 is 0 Å². The summed E-state index contributed by atoms with van der Waals surface area (Å²) in [6.07, 6.45) is 4.10. The first-order valence-corrected chi connectivity index (χ1v) is 7.15. The maximum atomic E-state index is 5.48. The van der Waals surface area contributed by atoms with Gasteiger partial charge in [0.05, 0.1) is 24.2 Å². The zero-order valence-electron chi connectivity index (χ0n) is 12.0. The molecule has 0 saturated heterocycles. The molecular formula is C15H22N4O. The molecule has 0 saturated carbocycles. The molecule has 0 aliphatic heterocycles. The largest absolute Gasteiger partial charge is 0.380 e. The van der Waals surface area contributed by atoms with Crippen molar-refractivity contribution in [2.75, 3.05) is 19.8 Å². The molecule has 1 aromatic heterocycles. The Bertz CT molecular complexity index is 484. The van der Waals surface area contributed by atoms with Crippen molar-refractivity contribution < 1.29 is 4.74 Å². The third-order valence-corrected chi connectivity index (χ3v) is 2.90. The molecule has 2 rings (SSSR count). The van der Waals surface area contributed by atoms with E-state index in [1.807, 2.05) is 30.3 Å². The molecular weight excluding hydrogens is 252 g/mol. The number of rotatable bonds is 9. The summed E-state index contributed by atoms with van der Waals surface area (Å²) in [5.41, 5.74) is 1.91. The molecule has 0 atom stereocenters. The number of benzene rings is 1. The van der Waals surface area contributed by atoms with E-state index in [2.05, 4.69) is 22.4 Å². The van der Waals surface area contributed by atoms with Crippen LogP contribution in [0, 0.1) is 0 Å². The maximum Gasteiger partial charge on any atom is 0.0969 e. The minimum atomic E-state index is 0.712. The van der Waals surface area contributed by atoms with Gasteiger partial charge in [-0.3, -0.25) is 0 Å². The highest BCUT2D eigenvalue weighted by Gasteiger charge is 2.01. The van der Waals surface area contributed by atoms with Crippen LogP contribution in [0.4, 0.5) is 0 Å². The average molecular weight is 274 g/mol. The van der Waals surface area contributed by atoms with Crippen LogP contribution in [-0.4, -0.2) is 34.8 Å². The van der Waals surface area contributed by atoms with Gasteiger partial charge in [-0.2, -0.15) is 15.0 Å². The number of nitrogens with zero attached hydrogens (tertiary/aromatic N) is 3. The number of para-hydroxylation sites is 1. The van der Waals surface area contributed by atoms with E-state index >= 15 is 0 Å². The van der Waals surface area contributed by atoms with Crippen LogP contribution in [0.5, 0.6) is 0 Å². The van der Waals surface area contributed by atoms with Gasteiger partial charge < -0.3 is 10.1 Å². The predicted octanol–water partition coefficient (Wildman–Crippen LogP) is 2.17. The van der Waals surface area contributed by atoms with Gasteiger partial charge >= 0.3 is 0 Å². The fourth-order valence-corrected chi connectivity index (χ4v) is 1.77. The van der Waals surface area contributed by atoms with Crippen LogP contribution in [0.25, 0.3) is 5.69 Å². The van der Waals surface area contributed by atoms with Crippen LogP contribution in [0.15, 0.2) is 36.5 Å². The number of hydrogen-bond donors (Lipinski definition) is 1. The Morgan fingerprint density at radius 1 is 1.20 bits per heavy atom. The van der Waals surface area contributed by atoms with Crippen molar-refractivity contribution in [3.05, 3.63) is 42.2 Å². The van der Waals surface area contributed by atoms with Crippen LogP contribution in [0.2, 0.25) is 0 Å². The molecule has 5 heteroatoms. The third-order valence-electron chi connectivity index (χ3n) is 2.90. The van der Waals surface area contributed by atoms with Gasteiger partial charge in [0.15, 0.2) is 0 Å². The van der Waals surface area contributed by atoms with Crippen molar-refractivity contribution in [2.24, 2.45) is 0 Å². The molecule has 0 amide bonds. The summed E-state index contributed by atoms with van der Waals surface area (Å²) in [6.45, 7) is 5.30. The molecule has 0 radical (unpaired) electrons. The van der Waals surface area contributed by atoms with Crippen molar-refractivity contribution >= 4 is 0 Å². The fourth-order valence-electron chi connectivity index (χ4n) is 1.77. The summed E-state index contributed by atoms with van der Waals surface area (Å²) in [4.78, 5) is 1.65. The maximum absolute atomic E-state index is 5.48. The van der Waals surface area contributed by atoms with Gasteiger partial charge in [-0.1, -0.05) is 31.5 Å². The molecule has 0 aliphatic rings. The second-order valence-corrected chi connectivity index (χ2v) is 4.60. The molecule has 1 heterocycles. The zero-order chi connectivity index (χ0) is 14.0. The van der Waals surface area contributed by atoms with Crippen molar-refractivity contribution in [2.45, 2.75) is 26.3 Å². The lowest BCUT2D eigenvalue weighted by molar-refractivity contribution is 0.133. The summed E-state index contributed by atoms with van der Waals surface area (Å²) < 4.78 is 5.48. The Balaban J connectivity index is 1.69. The van der Waals surface area contributed by atoms with Crippen molar-refractivity contribution in [3.63, 3.8) is 0 Å².